The van der Waals surface area contributed by atoms with Crippen molar-refractivity contribution < 1.29 is 38.7 Å². The number of ether oxygens (including phenoxy) is 1. The molecule has 11 nitrogen and oxygen atoms in total. The van der Waals surface area contributed by atoms with Crippen LogP contribution in [0.2, 0.25) is 10.0 Å². The molecule has 0 fully saturated rings. The molecule has 2 amide bonds. The molecule has 3 aromatic rings. The Kier molecular flexibility index (Phi) is 12.9. The van der Waals surface area contributed by atoms with Crippen LogP contribution in [0.4, 0.5) is 0 Å². The molecular formula is C36H37Cl2N3O8. The molecule has 0 radical (unpaired) electrons. The molecule has 0 spiro atoms. The second-order valence-corrected chi connectivity index (χ2v) is 12.9. The zero-order chi connectivity index (χ0) is 35.6. The van der Waals surface area contributed by atoms with E-state index in [4.69, 9.17) is 32.8 Å². The molecule has 4 rings (SSSR count). The maximum Gasteiger partial charge on any atom is 0.341 e. The van der Waals surface area contributed by atoms with Gasteiger partial charge in [0, 0.05) is 19.3 Å². The molecule has 0 aromatic heterocycles. The van der Waals surface area contributed by atoms with Gasteiger partial charge in [0.1, 0.15) is 6.04 Å². The predicted molar refractivity (Wildman–Crippen MR) is 183 cm³/mol. The van der Waals surface area contributed by atoms with Crippen LogP contribution in [0.25, 0.3) is 0 Å². The number of carbonyl (C=O) groups is 5. The summed E-state index contributed by atoms with van der Waals surface area (Å²) in [5.41, 5.74) is 0.314. The lowest BCUT2D eigenvalue weighted by atomic mass is 9.84. The molecule has 3 aromatic carbocycles. The van der Waals surface area contributed by atoms with Gasteiger partial charge in [-0.3, -0.25) is 19.2 Å². The van der Waals surface area contributed by atoms with Gasteiger partial charge in [-0.1, -0.05) is 109 Å². The molecule has 3 N–H and O–H groups in total. The summed E-state index contributed by atoms with van der Waals surface area (Å²) in [5, 5.41) is 19.4. The maximum atomic E-state index is 14.1. The van der Waals surface area contributed by atoms with E-state index in [0.29, 0.717) is 17.7 Å². The fourth-order valence-electron chi connectivity index (χ4n) is 5.39. The molecule has 0 bridgehead atoms. The standard InChI is InChI=1S/C36H37Cl2N3O8/c1-22(2)33(40-30(43)17-16-23-10-5-3-6-11-23)28-20-36(49-41-28,19-24-12-7-4-8-13-24)35(47)39-27(18-31(44)45)29(42)21-48-34(46)32-25(37)14-9-15-26(32)38/h3-15,22,27,33H,16-21H2,1-2H3,(H,39,47)(H,40,43)(H,44,45)/t27-,33-,36+/m0/s1. The average molecular weight is 711 g/mol. The second kappa shape index (κ2) is 17.1. The number of rotatable bonds is 16. The summed E-state index contributed by atoms with van der Waals surface area (Å²) >= 11 is 12.1. The number of oxime groups is 1. The van der Waals surface area contributed by atoms with Gasteiger partial charge in [0.15, 0.2) is 12.4 Å². The molecule has 0 aliphatic carbocycles. The first-order valence-corrected chi connectivity index (χ1v) is 16.4. The Balaban J connectivity index is 1.50. The van der Waals surface area contributed by atoms with Gasteiger partial charge in [-0.05, 0) is 35.6 Å². The number of aliphatic carboxylic acids is 1. The molecule has 0 saturated carbocycles. The molecule has 13 heteroatoms. The van der Waals surface area contributed by atoms with Gasteiger partial charge in [-0.25, -0.2) is 4.79 Å². The van der Waals surface area contributed by atoms with E-state index in [9.17, 15) is 29.1 Å². The lowest BCUT2D eigenvalue weighted by Gasteiger charge is -2.29. The van der Waals surface area contributed by atoms with Crippen molar-refractivity contribution in [2.75, 3.05) is 6.61 Å². The van der Waals surface area contributed by atoms with Crippen molar-refractivity contribution in [2.45, 2.75) is 63.6 Å². The molecule has 258 valence electrons. The molecule has 3 atom stereocenters. The van der Waals surface area contributed by atoms with Crippen LogP contribution in [0.3, 0.4) is 0 Å². The molecule has 1 heterocycles. The van der Waals surface area contributed by atoms with E-state index in [1.54, 1.807) is 24.3 Å². The number of carboxylic acids is 1. The van der Waals surface area contributed by atoms with Crippen molar-refractivity contribution in [3.05, 3.63) is 106 Å². The predicted octanol–water partition coefficient (Wildman–Crippen LogP) is 5.21. The van der Waals surface area contributed by atoms with E-state index in [1.165, 1.54) is 18.2 Å². The smallest absolute Gasteiger partial charge is 0.341 e. The number of carbonyl (C=O) groups excluding carboxylic acids is 4. The largest absolute Gasteiger partial charge is 0.481 e. The highest BCUT2D eigenvalue weighted by atomic mass is 35.5. The van der Waals surface area contributed by atoms with Crippen LogP contribution in [-0.2, 0) is 41.6 Å². The second-order valence-electron chi connectivity index (χ2n) is 12.0. The number of benzene rings is 3. The third-order valence-corrected chi connectivity index (χ3v) is 8.59. The highest BCUT2D eigenvalue weighted by Crippen LogP contribution is 2.32. The van der Waals surface area contributed by atoms with Crippen LogP contribution in [-0.4, -0.2) is 64.6 Å². The first-order chi connectivity index (χ1) is 23.4. The molecule has 1 aliphatic rings. The zero-order valence-electron chi connectivity index (χ0n) is 27.0. The topological polar surface area (TPSA) is 160 Å². The molecule has 0 saturated heterocycles. The number of hydrogen-bond acceptors (Lipinski definition) is 8. The number of hydrogen-bond donors (Lipinski definition) is 3. The monoisotopic (exact) mass is 709 g/mol. The molecular weight excluding hydrogens is 673 g/mol. The SMILES string of the molecule is CC(C)[C@H](NC(=O)CCc1ccccc1)C1=NO[C@@](Cc2ccccc2)(C(=O)N[C@@H](CC(=O)O)C(=O)COC(=O)c2c(Cl)cccc2Cl)C1. The number of aryl methyl sites for hydroxylation is 1. The summed E-state index contributed by atoms with van der Waals surface area (Å²) in [7, 11) is 0. The summed E-state index contributed by atoms with van der Waals surface area (Å²) in [6.07, 6.45) is -0.0447. The third-order valence-electron chi connectivity index (χ3n) is 7.96. The van der Waals surface area contributed by atoms with Gasteiger partial charge in [0.2, 0.25) is 11.5 Å². The average Bonchev–Trinajstić information content (AvgIpc) is 3.50. The Labute approximate surface area is 293 Å². The lowest BCUT2D eigenvalue weighted by Crippen LogP contribution is -2.55. The molecule has 1 aliphatic heterocycles. The van der Waals surface area contributed by atoms with Crippen molar-refractivity contribution in [3.63, 3.8) is 0 Å². The first-order valence-electron chi connectivity index (χ1n) is 15.7. The normalized spacial score (nSPS) is 16.6. The Morgan fingerprint density at radius 3 is 2.10 bits per heavy atom. The summed E-state index contributed by atoms with van der Waals surface area (Å²) in [5.74, 6) is -4.37. The third kappa shape index (κ3) is 10.1. The van der Waals surface area contributed by atoms with Gasteiger partial charge in [-0.15, -0.1) is 0 Å². The Morgan fingerprint density at radius 1 is 0.898 bits per heavy atom. The van der Waals surface area contributed by atoms with Gasteiger partial charge >= 0.3 is 11.9 Å². The van der Waals surface area contributed by atoms with Crippen LogP contribution < -0.4 is 10.6 Å². The number of carboxylic acid groups (broad SMARTS) is 1. The minimum atomic E-state index is -1.68. The van der Waals surface area contributed by atoms with Gasteiger partial charge in [0.05, 0.1) is 33.8 Å². The Bertz CT molecular complexity index is 1680. The number of halogens is 2. The Hall–Kier alpha value is -4.74. The Morgan fingerprint density at radius 2 is 1.51 bits per heavy atom. The fraction of sp³-hybridized carbons (Fsp3) is 0.333. The number of amides is 2. The van der Waals surface area contributed by atoms with E-state index in [1.807, 2.05) is 50.2 Å². The van der Waals surface area contributed by atoms with Crippen molar-refractivity contribution in [1.29, 1.82) is 0 Å². The minimum absolute atomic E-state index is 0.00413. The number of nitrogens with one attached hydrogen (secondary N) is 2. The number of nitrogens with zero attached hydrogens (tertiary/aromatic N) is 1. The van der Waals surface area contributed by atoms with Crippen LogP contribution in [0.1, 0.15) is 54.6 Å². The van der Waals surface area contributed by atoms with E-state index < -0.39 is 54.3 Å². The van der Waals surface area contributed by atoms with Crippen molar-refractivity contribution >= 4 is 58.4 Å². The maximum absolute atomic E-state index is 14.1. The summed E-state index contributed by atoms with van der Waals surface area (Å²) in [4.78, 5) is 70.6. The summed E-state index contributed by atoms with van der Waals surface area (Å²) in [6, 6.07) is 20.8. The van der Waals surface area contributed by atoms with Crippen molar-refractivity contribution in [2.24, 2.45) is 11.1 Å². The summed E-state index contributed by atoms with van der Waals surface area (Å²) < 4.78 is 5.11. The number of esters is 1. The molecule has 0 unspecified atom stereocenters. The van der Waals surface area contributed by atoms with E-state index in [-0.39, 0.29) is 46.7 Å². The van der Waals surface area contributed by atoms with Crippen molar-refractivity contribution in [3.8, 4) is 0 Å². The van der Waals surface area contributed by atoms with Gasteiger partial charge < -0.3 is 25.3 Å². The van der Waals surface area contributed by atoms with E-state index >= 15 is 0 Å². The van der Waals surface area contributed by atoms with Crippen LogP contribution in [0.15, 0.2) is 84.0 Å². The number of ketones is 1. The van der Waals surface area contributed by atoms with Crippen LogP contribution in [0, 0.1) is 5.92 Å². The highest BCUT2D eigenvalue weighted by molar-refractivity contribution is 6.39. The first kappa shape index (κ1) is 37.1. The fourth-order valence-corrected chi connectivity index (χ4v) is 5.94. The van der Waals surface area contributed by atoms with E-state index in [0.717, 1.165) is 5.56 Å². The van der Waals surface area contributed by atoms with Crippen molar-refractivity contribution in [1.82, 2.24) is 10.6 Å². The van der Waals surface area contributed by atoms with Crippen LogP contribution in [0.5, 0.6) is 0 Å². The lowest BCUT2D eigenvalue weighted by molar-refractivity contribution is -0.148. The highest BCUT2D eigenvalue weighted by Gasteiger charge is 2.49. The number of Topliss-reactive ketones (excluding diaryl/α,β-unsaturated/α-hetero) is 1. The van der Waals surface area contributed by atoms with Gasteiger partial charge in [-0.2, -0.15) is 0 Å². The van der Waals surface area contributed by atoms with Gasteiger partial charge in [0.25, 0.3) is 5.91 Å². The minimum Gasteiger partial charge on any atom is -0.481 e. The molecule has 49 heavy (non-hydrogen) atoms. The summed E-state index contributed by atoms with van der Waals surface area (Å²) in [6.45, 7) is 2.94. The van der Waals surface area contributed by atoms with E-state index in [2.05, 4.69) is 15.8 Å². The zero-order valence-corrected chi connectivity index (χ0v) is 28.5. The quantitative estimate of drug-likeness (QED) is 0.171. The van der Waals surface area contributed by atoms with Crippen LogP contribution >= 0.6 is 23.2 Å².